The minimum absolute atomic E-state index is 0.0195. The summed E-state index contributed by atoms with van der Waals surface area (Å²) in [5.41, 5.74) is 3.59. The van der Waals surface area contributed by atoms with E-state index in [0.717, 1.165) is 61.7 Å². The van der Waals surface area contributed by atoms with E-state index in [4.69, 9.17) is 25.4 Å². The quantitative estimate of drug-likeness (QED) is 0.178. The number of halogens is 1. The van der Waals surface area contributed by atoms with Crippen molar-refractivity contribution >= 4 is 38.8 Å². The zero-order valence-electron chi connectivity index (χ0n) is 31.1. The maximum Gasteiger partial charge on any atom is 0.262 e. The van der Waals surface area contributed by atoms with E-state index in [1.54, 1.807) is 19.9 Å². The van der Waals surface area contributed by atoms with Crippen molar-refractivity contribution in [3.8, 4) is 5.75 Å². The van der Waals surface area contributed by atoms with Gasteiger partial charge in [0.15, 0.2) is 11.6 Å². The number of carbonyl (C=O) groups excluding carboxylic acids is 1. The molecule has 0 radical (unpaired) electrons. The third-order valence-corrected chi connectivity index (χ3v) is 14.2. The molecule has 6 atom stereocenters. The molecule has 54 heavy (non-hydrogen) atoms. The third kappa shape index (κ3) is 7.42. The van der Waals surface area contributed by atoms with Crippen LogP contribution in [0.4, 0.5) is 5.69 Å². The number of amides is 1. The lowest BCUT2D eigenvalue weighted by Crippen LogP contribution is -2.52. The van der Waals surface area contributed by atoms with Crippen LogP contribution in [0.25, 0.3) is 0 Å². The summed E-state index contributed by atoms with van der Waals surface area (Å²) < 4.78 is 34.2. The number of anilines is 1. The average molecular weight is 774 g/mol. The molecule has 2 aliphatic carbocycles. The second kappa shape index (κ2) is 14.8. The van der Waals surface area contributed by atoms with Gasteiger partial charge in [-0.05, 0) is 111 Å². The van der Waals surface area contributed by atoms with Crippen LogP contribution in [0, 0.1) is 25.7 Å². The van der Waals surface area contributed by atoms with Crippen LogP contribution in [0.5, 0.6) is 5.75 Å². The molecule has 12 nitrogen and oxygen atoms in total. The summed E-state index contributed by atoms with van der Waals surface area (Å²) in [6.45, 7) is 8.35. The number of hydrogen-bond donors (Lipinski definition) is 1. The van der Waals surface area contributed by atoms with Crippen molar-refractivity contribution in [1.29, 1.82) is 0 Å². The fourth-order valence-electron chi connectivity index (χ4n) is 8.86. The summed E-state index contributed by atoms with van der Waals surface area (Å²) in [6, 6.07) is 11.8. The van der Waals surface area contributed by atoms with E-state index in [2.05, 4.69) is 65.0 Å². The second-order valence-electron chi connectivity index (χ2n) is 15.6. The molecule has 4 aliphatic rings. The highest BCUT2D eigenvalue weighted by molar-refractivity contribution is 7.99. The lowest BCUT2D eigenvalue weighted by atomic mass is 9.67. The lowest BCUT2D eigenvalue weighted by Gasteiger charge is -2.48. The summed E-state index contributed by atoms with van der Waals surface area (Å²) in [5.74, 6) is 7.15. The van der Waals surface area contributed by atoms with Crippen molar-refractivity contribution in [3.63, 3.8) is 0 Å². The number of ether oxygens (including phenoxy) is 1. The standard InChI is InChI=1S/C40H48ClN7O5S/c1-25-8-5-6-10-34(47(21-37-42-26(2)52-44-37)22-38-43-27(3)53-45-38)32-14-11-30(32)20-48-23-40(17-7-9-28-18-31(41)13-15-33(28)40)24-51-36-16-12-29(19-35(36)48)39(49)46-54(25,4)50/h6,10,12-13,15-16,18-19,25,30,32,34H,4-5,7-9,11,14,17,20-24H2,1-3H3,(H,46,49,50)/b10-6+/t25-,30+,32-,34+,40+,54?/m1/s1. The van der Waals surface area contributed by atoms with Gasteiger partial charge in [-0.1, -0.05) is 40.1 Å². The number of aryl methyl sites for hydroxylation is 3. The summed E-state index contributed by atoms with van der Waals surface area (Å²) in [6.07, 6.45) is 10.8. The Bertz CT molecular complexity index is 2130. The normalized spacial score (nSPS) is 29.1. The maximum absolute atomic E-state index is 13.9. The van der Waals surface area contributed by atoms with E-state index in [-0.39, 0.29) is 22.6 Å². The Kier molecular flexibility index (Phi) is 10.1. The van der Waals surface area contributed by atoms with Gasteiger partial charge in [-0.15, -0.1) is 0 Å². The molecule has 2 aliphatic heterocycles. The van der Waals surface area contributed by atoms with Gasteiger partial charge in [-0.25, -0.2) is 4.21 Å². The molecule has 8 rings (SSSR count). The summed E-state index contributed by atoms with van der Waals surface area (Å²) in [7, 11) is -2.96. The first kappa shape index (κ1) is 36.8. The fourth-order valence-corrected chi connectivity index (χ4v) is 10.2. The van der Waals surface area contributed by atoms with Gasteiger partial charge in [0, 0.05) is 54.2 Å². The van der Waals surface area contributed by atoms with Crippen molar-refractivity contribution in [2.45, 2.75) is 95.5 Å². The highest BCUT2D eigenvalue weighted by Gasteiger charge is 2.45. The predicted octanol–water partition coefficient (Wildman–Crippen LogP) is 6.39. The summed E-state index contributed by atoms with van der Waals surface area (Å²) in [5, 5.41) is 8.90. The van der Waals surface area contributed by atoms with E-state index in [0.29, 0.717) is 67.4 Å². The number of benzene rings is 2. The molecule has 1 unspecified atom stereocenters. The number of carbonyl (C=O) groups is 1. The van der Waals surface area contributed by atoms with Crippen molar-refractivity contribution < 1.29 is 22.8 Å². The predicted molar refractivity (Wildman–Crippen MR) is 208 cm³/mol. The molecular weight excluding hydrogens is 726 g/mol. The molecule has 0 saturated heterocycles. The Morgan fingerprint density at radius 2 is 1.81 bits per heavy atom. The molecule has 1 amide bonds. The number of fused-ring (bicyclic) bond motifs is 4. The number of allylic oxidation sites excluding steroid dienone is 1. The Balaban J connectivity index is 1.20. The molecule has 2 aromatic heterocycles. The van der Waals surface area contributed by atoms with E-state index in [1.807, 2.05) is 25.1 Å². The van der Waals surface area contributed by atoms with Crippen LogP contribution < -0.4 is 14.4 Å². The van der Waals surface area contributed by atoms with Crippen LogP contribution in [0.15, 0.2) is 57.6 Å². The van der Waals surface area contributed by atoms with E-state index >= 15 is 0 Å². The molecule has 4 aromatic rings. The first-order valence-electron chi connectivity index (χ1n) is 18.9. The minimum atomic E-state index is -2.96. The lowest BCUT2D eigenvalue weighted by molar-refractivity contribution is 0.0574. The number of nitrogens with one attached hydrogen (secondary N) is 1. The van der Waals surface area contributed by atoms with Crippen LogP contribution in [-0.4, -0.2) is 72.2 Å². The van der Waals surface area contributed by atoms with Crippen molar-refractivity contribution in [3.05, 3.63) is 93.7 Å². The van der Waals surface area contributed by atoms with E-state index in [9.17, 15) is 9.00 Å². The van der Waals surface area contributed by atoms with Gasteiger partial charge < -0.3 is 18.7 Å². The minimum Gasteiger partial charge on any atom is -0.490 e. The third-order valence-electron chi connectivity index (χ3n) is 11.9. The molecule has 14 heteroatoms. The first-order valence-corrected chi connectivity index (χ1v) is 21.1. The van der Waals surface area contributed by atoms with Gasteiger partial charge in [-0.3, -0.25) is 14.4 Å². The van der Waals surface area contributed by atoms with Gasteiger partial charge in [0.25, 0.3) is 5.91 Å². The molecule has 1 fully saturated rings. The topological polar surface area (TPSA) is 140 Å². The van der Waals surface area contributed by atoms with Gasteiger partial charge in [0.2, 0.25) is 11.8 Å². The number of hydrogen-bond acceptors (Lipinski definition) is 11. The van der Waals surface area contributed by atoms with Crippen LogP contribution in [-0.2, 0) is 34.6 Å². The van der Waals surface area contributed by atoms with Crippen LogP contribution in [0.1, 0.15) is 90.4 Å². The average Bonchev–Trinajstić information content (AvgIpc) is 3.70. The van der Waals surface area contributed by atoms with Gasteiger partial charge in [-0.2, -0.15) is 9.97 Å². The van der Waals surface area contributed by atoms with Gasteiger partial charge >= 0.3 is 0 Å². The Morgan fingerprint density at radius 3 is 2.50 bits per heavy atom. The molecule has 2 bridgehead atoms. The van der Waals surface area contributed by atoms with Gasteiger partial charge in [0.05, 0.1) is 35.1 Å². The summed E-state index contributed by atoms with van der Waals surface area (Å²) in [4.78, 5) is 27.6. The molecule has 1 saturated carbocycles. The highest BCUT2D eigenvalue weighted by atomic mass is 35.5. The monoisotopic (exact) mass is 773 g/mol. The summed E-state index contributed by atoms with van der Waals surface area (Å²) >= 11 is 6.51. The molecule has 286 valence electrons. The van der Waals surface area contributed by atoms with Gasteiger partial charge in [0.1, 0.15) is 5.75 Å². The second-order valence-corrected chi connectivity index (χ2v) is 18.5. The van der Waals surface area contributed by atoms with Crippen LogP contribution in [0.2, 0.25) is 5.02 Å². The van der Waals surface area contributed by atoms with E-state index < -0.39 is 15.6 Å². The SMILES string of the molecule is C=S1(=O)NC(=O)c2ccc3c(c2)N(C[C@@H]2CC[C@H]2[C@@H](N(Cc2noc(C)n2)Cc2noc(C)n2)/C=C/CC[C@H]1C)C[C@@]1(CCCc2cc(Cl)ccc21)CO3. The molecule has 1 N–H and O–H groups in total. The Labute approximate surface area is 321 Å². The van der Waals surface area contributed by atoms with Crippen molar-refractivity contribution in [1.82, 2.24) is 29.9 Å². The maximum atomic E-state index is 13.9. The number of rotatable bonds is 5. The molecular formula is C40H48ClN7O5S. The number of aromatic nitrogens is 4. The molecule has 4 heterocycles. The van der Waals surface area contributed by atoms with Crippen LogP contribution in [0.3, 0.4) is 0 Å². The zero-order valence-corrected chi connectivity index (χ0v) is 32.7. The largest absolute Gasteiger partial charge is 0.490 e. The Morgan fingerprint density at radius 1 is 1.06 bits per heavy atom. The zero-order chi connectivity index (χ0) is 37.6. The first-order chi connectivity index (χ1) is 26.0. The Hall–Kier alpha value is -4.20. The molecule has 2 aromatic carbocycles. The highest BCUT2D eigenvalue weighted by Crippen LogP contribution is 2.47. The fraction of sp³-hybridized carbons (Fsp3) is 0.500. The smallest absolute Gasteiger partial charge is 0.262 e. The number of nitrogens with zero attached hydrogens (tertiary/aromatic N) is 6. The molecule has 1 spiro atoms. The van der Waals surface area contributed by atoms with Crippen LogP contribution >= 0.6 is 11.6 Å². The van der Waals surface area contributed by atoms with Crippen molar-refractivity contribution in [2.75, 3.05) is 24.6 Å². The van der Waals surface area contributed by atoms with Crippen molar-refractivity contribution in [2.24, 2.45) is 11.8 Å². The van der Waals surface area contributed by atoms with E-state index in [1.165, 1.54) is 11.1 Å².